The fourth-order valence-corrected chi connectivity index (χ4v) is 11.7. The molecule has 0 aliphatic carbocycles. The van der Waals surface area contributed by atoms with Gasteiger partial charge in [-0.3, -0.25) is 0 Å². The Kier molecular flexibility index (Phi) is 8.22. The smallest absolute Gasteiger partial charge is 0.373 e. The third-order valence-electron chi connectivity index (χ3n) is 1.77. The monoisotopic (exact) mass is 282 g/mol. The van der Waals surface area contributed by atoms with Crippen molar-refractivity contribution in [3.63, 3.8) is 0 Å². The average Bonchev–Trinajstić information content (AvgIpc) is 2.15. The minimum Gasteiger partial charge on any atom is -0.373 e. The van der Waals surface area contributed by atoms with Crippen molar-refractivity contribution >= 4 is 27.2 Å². The van der Waals surface area contributed by atoms with Gasteiger partial charge in [0, 0.05) is 19.8 Å². The summed E-state index contributed by atoms with van der Waals surface area (Å²) in [6, 6.07) is 0. The second kappa shape index (κ2) is 7.89. The maximum atomic E-state index is 5.80. The fraction of sp³-hybridized carbons (Fsp3) is 1.00. The third-order valence-corrected chi connectivity index (χ3v) is 10.7. The summed E-state index contributed by atoms with van der Waals surface area (Å²) >= 11 is 1.99. The van der Waals surface area contributed by atoms with Gasteiger partial charge in [-0.25, -0.2) is 0 Å². The van der Waals surface area contributed by atoms with E-state index in [2.05, 4.69) is 19.6 Å². The molecule has 0 fully saturated rings. The molecule has 0 aromatic carbocycles. The summed E-state index contributed by atoms with van der Waals surface area (Å²) in [6.07, 6.45) is 0. The van der Waals surface area contributed by atoms with Crippen LogP contribution in [-0.2, 0) is 13.3 Å². The van der Waals surface area contributed by atoms with E-state index in [0.29, 0.717) is 19.8 Å². The van der Waals surface area contributed by atoms with Gasteiger partial charge in [-0.2, -0.15) is 11.2 Å². The highest BCUT2D eigenvalue weighted by Crippen LogP contribution is 2.25. The summed E-state index contributed by atoms with van der Waals surface area (Å²) in [4.78, 5) is 0. The first kappa shape index (κ1) is 16.7. The van der Waals surface area contributed by atoms with Crippen LogP contribution in [0, 0.1) is 0 Å². The molecule has 0 saturated heterocycles. The summed E-state index contributed by atoms with van der Waals surface area (Å²) in [6.45, 7) is 15.0. The molecule has 0 saturated carbocycles. The lowest BCUT2D eigenvalue weighted by Crippen LogP contribution is -2.50. The van der Waals surface area contributed by atoms with Gasteiger partial charge in [0.25, 0.3) is 0 Å². The van der Waals surface area contributed by atoms with E-state index in [1.54, 1.807) is 0 Å². The second-order valence-electron chi connectivity index (χ2n) is 4.38. The van der Waals surface area contributed by atoms with Gasteiger partial charge >= 0.3 is 8.80 Å². The van der Waals surface area contributed by atoms with Gasteiger partial charge in [0.05, 0.1) is 5.38 Å². The minimum atomic E-state index is -2.41. The first-order valence-electron chi connectivity index (χ1n) is 5.95. The standard InChI is InChI=1S/C10H26O3SSi2/c1-7-11-16(12-8-2,13-9-3)10-14-15(4,5)6/h7-10H2,1-6H3. The molecule has 0 unspecified atom stereocenters. The van der Waals surface area contributed by atoms with E-state index >= 15 is 0 Å². The van der Waals surface area contributed by atoms with Crippen LogP contribution < -0.4 is 0 Å². The van der Waals surface area contributed by atoms with E-state index in [4.69, 9.17) is 13.3 Å². The topological polar surface area (TPSA) is 27.7 Å². The normalized spacial score (nSPS) is 13.1. The minimum absolute atomic E-state index is 0.665. The van der Waals surface area contributed by atoms with Gasteiger partial charge in [0.15, 0.2) is 0 Å². The summed E-state index contributed by atoms with van der Waals surface area (Å²) in [5.41, 5.74) is 0. The molecule has 98 valence electrons. The number of hydrogen-bond donors (Lipinski definition) is 0. The molecule has 0 amide bonds. The Labute approximate surface area is 106 Å². The Morgan fingerprint density at radius 3 is 1.44 bits per heavy atom. The van der Waals surface area contributed by atoms with Gasteiger partial charge in [-0.05, 0) is 20.8 Å². The maximum absolute atomic E-state index is 5.80. The summed E-state index contributed by atoms with van der Waals surface area (Å²) in [7, 11) is -3.55. The molecule has 0 radical (unpaired) electrons. The first-order valence-corrected chi connectivity index (χ1v) is 13.1. The molecular formula is C10H26O3SSi2. The zero-order valence-electron chi connectivity index (χ0n) is 11.5. The van der Waals surface area contributed by atoms with E-state index in [1.807, 2.05) is 32.0 Å². The molecule has 0 heterocycles. The van der Waals surface area contributed by atoms with Crippen molar-refractivity contribution in [1.82, 2.24) is 0 Å². The van der Waals surface area contributed by atoms with Crippen LogP contribution in [0.4, 0.5) is 0 Å². The van der Waals surface area contributed by atoms with Gasteiger partial charge in [0.2, 0.25) is 0 Å². The summed E-state index contributed by atoms with van der Waals surface area (Å²) < 4.78 is 17.4. The predicted molar refractivity (Wildman–Crippen MR) is 76.4 cm³/mol. The van der Waals surface area contributed by atoms with E-state index in [9.17, 15) is 0 Å². The highest BCUT2D eigenvalue weighted by molar-refractivity contribution is 8.29. The van der Waals surface area contributed by atoms with E-state index in [1.165, 1.54) is 0 Å². The van der Waals surface area contributed by atoms with Crippen molar-refractivity contribution < 1.29 is 13.3 Å². The molecule has 0 aliphatic rings. The fourth-order valence-electron chi connectivity index (χ4n) is 1.21. The quantitative estimate of drug-likeness (QED) is 0.607. The van der Waals surface area contributed by atoms with Crippen LogP contribution in [0.3, 0.4) is 0 Å². The lowest BCUT2D eigenvalue weighted by Gasteiger charge is -2.30. The first-order chi connectivity index (χ1) is 7.39. The van der Waals surface area contributed by atoms with Crippen LogP contribution in [0.1, 0.15) is 20.8 Å². The molecule has 0 atom stereocenters. The van der Waals surface area contributed by atoms with Crippen molar-refractivity contribution in [2.45, 2.75) is 40.4 Å². The zero-order valence-corrected chi connectivity index (χ0v) is 14.3. The lowest BCUT2D eigenvalue weighted by molar-refractivity contribution is 0.0773. The molecule has 16 heavy (non-hydrogen) atoms. The largest absolute Gasteiger partial charge is 0.510 e. The molecule has 0 aromatic rings. The zero-order chi connectivity index (χ0) is 12.7. The van der Waals surface area contributed by atoms with Gasteiger partial charge in [0.1, 0.15) is 7.22 Å². The Morgan fingerprint density at radius 2 is 1.19 bits per heavy atom. The molecule has 6 heteroatoms. The highest BCUT2D eigenvalue weighted by atomic mass is 32.4. The average molecular weight is 283 g/mol. The van der Waals surface area contributed by atoms with Gasteiger partial charge in [-0.1, -0.05) is 19.6 Å². The molecule has 0 aliphatic heterocycles. The number of rotatable bonds is 9. The van der Waals surface area contributed by atoms with Crippen molar-refractivity contribution in [2.24, 2.45) is 0 Å². The molecule has 3 nitrogen and oxygen atoms in total. The van der Waals surface area contributed by atoms with Crippen molar-refractivity contribution in [3.8, 4) is 0 Å². The van der Waals surface area contributed by atoms with E-state index in [-0.39, 0.29) is 0 Å². The van der Waals surface area contributed by atoms with Gasteiger partial charge in [-0.15, -0.1) is 0 Å². The second-order valence-corrected chi connectivity index (χ2v) is 16.8. The third kappa shape index (κ3) is 7.08. The number of hydrogen-bond acceptors (Lipinski definition) is 4. The molecular weight excluding hydrogens is 256 g/mol. The SMILES string of the molecule is CCO[Si](CS[Si](C)(C)C)(OCC)OCC. The van der Waals surface area contributed by atoms with Crippen molar-refractivity contribution in [2.75, 3.05) is 25.2 Å². The maximum Gasteiger partial charge on any atom is 0.510 e. The van der Waals surface area contributed by atoms with Crippen LogP contribution in [0.2, 0.25) is 19.6 Å². The highest BCUT2D eigenvalue weighted by Gasteiger charge is 2.41. The summed E-state index contributed by atoms with van der Waals surface area (Å²) in [5, 5.41) is 0.887. The Balaban J connectivity index is 4.46. The molecule has 0 aromatic heterocycles. The van der Waals surface area contributed by atoms with Gasteiger partial charge < -0.3 is 13.3 Å². The van der Waals surface area contributed by atoms with Crippen molar-refractivity contribution in [1.29, 1.82) is 0 Å². The van der Waals surface area contributed by atoms with Crippen LogP contribution in [0.5, 0.6) is 0 Å². The Bertz CT molecular complexity index is 168. The van der Waals surface area contributed by atoms with E-state index in [0.717, 1.165) is 5.38 Å². The molecule has 0 N–H and O–H groups in total. The molecule has 0 spiro atoms. The Hall–Kier alpha value is 0.664. The molecule has 0 bridgehead atoms. The van der Waals surface area contributed by atoms with Crippen LogP contribution in [0.15, 0.2) is 0 Å². The molecule has 0 rings (SSSR count). The lowest BCUT2D eigenvalue weighted by atomic mass is 10.9. The predicted octanol–water partition coefficient (Wildman–Crippen LogP) is 3.14. The van der Waals surface area contributed by atoms with E-state index < -0.39 is 16.0 Å². The van der Waals surface area contributed by atoms with Crippen molar-refractivity contribution in [3.05, 3.63) is 0 Å². The van der Waals surface area contributed by atoms with Crippen LogP contribution in [-0.4, -0.2) is 41.2 Å². The summed E-state index contributed by atoms with van der Waals surface area (Å²) in [5.74, 6) is 0. The van der Waals surface area contributed by atoms with Crippen LogP contribution >= 0.6 is 11.2 Å². The Morgan fingerprint density at radius 1 is 0.812 bits per heavy atom. The van der Waals surface area contributed by atoms with Crippen LogP contribution in [0.25, 0.3) is 0 Å².